The topological polar surface area (TPSA) is 29.1 Å². The molecule has 1 aromatic carbocycles. The molecular formula is C15H21NO. The molecule has 1 atom stereocenters. The van der Waals surface area contributed by atoms with Gasteiger partial charge in [0.2, 0.25) is 5.91 Å². The molecule has 0 saturated carbocycles. The van der Waals surface area contributed by atoms with Gasteiger partial charge in [0.1, 0.15) is 0 Å². The molecule has 2 rings (SSSR count). The molecule has 0 unspecified atom stereocenters. The van der Waals surface area contributed by atoms with Crippen molar-refractivity contribution in [2.24, 2.45) is 5.41 Å². The van der Waals surface area contributed by atoms with Crippen molar-refractivity contribution in [1.82, 2.24) is 5.32 Å². The summed E-state index contributed by atoms with van der Waals surface area (Å²) in [6.45, 7) is 5.87. The van der Waals surface area contributed by atoms with E-state index in [9.17, 15) is 4.79 Å². The zero-order valence-corrected chi connectivity index (χ0v) is 10.9. The summed E-state index contributed by atoms with van der Waals surface area (Å²) >= 11 is 0. The molecule has 1 aliphatic rings. The summed E-state index contributed by atoms with van der Waals surface area (Å²) in [7, 11) is 0. The lowest BCUT2D eigenvalue weighted by Gasteiger charge is -2.28. The fourth-order valence-electron chi connectivity index (χ4n) is 2.22. The van der Waals surface area contributed by atoms with Crippen molar-refractivity contribution < 1.29 is 4.79 Å². The van der Waals surface area contributed by atoms with E-state index in [0.717, 1.165) is 19.3 Å². The first-order valence-corrected chi connectivity index (χ1v) is 6.34. The molecule has 0 saturated heterocycles. The van der Waals surface area contributed by atoms with E-state index in [4.69, 9.17) is 0 Å². The van der Waals surface area contributed by atoms with E-state index in [2.05, 4.69) is 29.6 Å². The minimum Gasteiger partial charge on any atom is -0.353 e. The standard InChI is InChI=1S/C15H21NO/c1-15(2,3)14(17)16-13-9-8-11-6-4-5-7-12(11)10-13/h4-7,13H,8-10H2,1-3H3,(H,16,17)/t13-/m0/s1. The molecule has 1 aromatic rings. The summed E-state index contributed by atoms with van der Waals surface area (Å²) in [5.41, 5.74) is 2.53. The van der Waals surface area contributed by atoms with Crippen LogP contribution in [-0.2, 0) is 17.6 Å². The predicted molar refractivity (Wildman–Crippen MR) is 69.9 cm³/mol. The highest BCUT2D eigenvalue weighted by Crippen LogP contribution is 2.22. The van der Waals surface area contributed by atoms with E-state index < -0.39 is 0 Å². The molecule has 0 heterocycles. The monoisotopic (exact) mass is 231 g/mol. The van der Waals surface area contributed by atoms with E-state index >= 15 is 0 Å². The number of carbonyl (C=O) groups excluding carboxylic acids is 1. The molecule has 17 heavy (non-hydrogen) atoms. The Labute approximate surface area is 103 Å². The number of rotatable bonds is 1. The van der Waals surface area contributed by atoms with E-state index in [0.29, 0.717) is 6.04 Å². The summed E-state index contributed by atoms with van der Waals surface area (Å²) in [5, 5.41) is 3.16. The highest BCUT2D eigenvalue weighted by molar-refractivity contribution is 5.81. The summed E-state index contributed by atoms with van der Waals surface area (Å²) in [5.74, 6) is 0.155. The van der Waals surface area contributed by atoms with Crippen LogP contribution in [0.1, 0.15) is 38.3 Å². The summed E-state index contributed by atoms with van der Waals surface area (Å²) in [6.07, 6.45) is 3.10. The molecule has 0 aromatic heterocycles. The van der Waals surface area contributed by atoms with Crippen LogP contribution in [0.3, 0.4) is 0 Å². The lowest BCUT2D eigenvalue weighted by Crippen LogP contribution is -2.44. The van der Waals surface area contributed by atoms with Gasteiger partial charge in [-0.05, 0) is 30.4 Å². The zero-order valence-electron chi connectivity index (χ0n) is 10.9. The first kappa shape index (κ1) is 12.2. The maximum absolute atomic E-state index is 11.9. The Bertz CT molecular complexity index is 417. The number of fused-ring (bicyclic) bond motifs is 1. The van der Waals surface area contributed by atoms with Crippen LogP contribution in [0.15, 0.2) is 24.3 Å². The lowest BCUT2D eigenvalue weighted by atomic mass is 9.87. The third kappa shape index (κ3) is 2.87. The number of benzene rings is 1. The molecule has 92 valence electrons. The van der Waals surface area contributed by atoms with Crippen molar-refractivity contribution in [2.45, 2.75) is 46.1 Å². The molecular weight excluding hydrogens is 210 g/mol. The highest BCUT2D eigenvalue weighted by atomic mass is 16.2. The van der Waals surface area contributed by atoms with Gasteiger partial charge in [0.15, 0.2) is 0 Å². The van der Waals surface area contributed by atoms with Crippen LogP contribution >= 0.6 is 0 Å². The fraction of sp³-hybridized carbons (Fsp3) is 0.533. The first-order valence-electron chi connectivity index (χ1n) is 6.34. The average molecular weight is 231 g/mol. The molecule has 1 N–H and O–H groups in total. The molecule has 1 amide bonds. The number of hydrogen-bond donors (Lipinski definition) is 1. The van der Waals surface area contributed by atoms with Crippen LogP contribution < -0.4 is 5.32 Å². The van der Waals surface area contributed by atoms with Gasteiger partial charge in [-0.2, -0.15) is 0 Å². The summed E-state index contributed by atoms with van der Waals surface area (Å²) < 4.78 is 0. The average Bonchev–Trinajstić information content (AvgIpc) is 2.27. The first-order chi connectivity index (χ1) is 7.97. The van der Waals surface area contributed by atoms with Crippen molar-refractivity contribution in [3.63, 3.8) is 0 Å². The molecule has 0 aliphatic heterocycles. The van der Waals surface area contributed by atoms with Gasteiger partial charge in [0, 0.05) is 11.5 Å². The largest absolute Gasteiger partial charge is 0.353 e. The Balaban J connectivity index is 2.01. The second-order valence-corrected chi connectivity index (χ2v) is 5.93. The van der Waals surface area contributed by atoms with Gasteiger partial charge >= 0.3 is 0 Å². The predicted octanol–water partition coefficient (Wildman–Crippen LogP) is 2.71. The van der Waals surface area contributed by atoms with Gasteiger partial charge in [-0.3, -0.25) is 4.79 Å². The highest BCUT2D eigenvalue weighted by Gasteiger charge is 2.26. The fourth-order valence-corrected chi connectivity index (χ4v) is 2.22. The Morgan fingerprint density at radius 3 is 2.53 bits per heavy atom. The van der Waals surface area contributed by atoms with Crippen molar-refractivity contribution in [3.8, 4) is 0 Å². The normalized spacial score (nSPS) is 19.6. The number of carbonyl (C=O) groups is 1. The van der Waals surface area contributed by atoms with E-state index in [1.807, 2.05) is 20.8 Å². The zero-order chi connectivity index (χ0) is 12.5. The summed E-state index contributed by atoms with van der Waals surface area (Å²) in [4.78, 5) is 11.9. The smallest absolute Gasteiger partial charge is 0.225 e. The summed E-state index contributed by atoms with van der Waals surface area (Å²) in [6, 6.07) is 8.83. The second kappa shape index (κ2) is 4.52. The van der Waals surface area contributed by atoms with Gasteiger partial charge in [0.05, 0.1) is 0 Å². The molecule has 2 nitrogen and oxygen atoms in total. The molecule has 2 heteroatoms. The quantitative estimate of drug-likeness (QED) is 0.791. The van der Waals surface area contributed by atoms with Crippen LogP contribution in [0.4, 0.5) is 0 Å². The molecule has 0 spiro atoms. The number of aryl methyl sites for hydroxylation is 1. The Morgan fingerprint density at radius 2 is 1.88 bits per heavy atom. The van der Waals surface area contributed by atoms with E-state index in [1.165, 1.54) is 11.1 Å². The molecule has 0 bridgehead atoms. The number of nitrogens with one attached hydrogen (secondary N) is 1. The molecule has 0 radical (unpaired) electrons. The van der Waals surface area contributed by atoms with Crippen LogP contribution in [0.25, 0.3) is 0 Å². The van der Waals surface area contributed by atoms with Gasteiger partial charge in [-0.25, -0.2) is 0 Å². The van der Waals surface area contributed by atoms with Crippen molar-refractivity contribution in [2.75, 3.05) is 0 Å². The van der Waals surface area contributed by atoms with Crippen LogP contribution in [0, 0.1) is 5.41 Å². The van der Waals surface area contributed by atoms with Gasteiger partial charge in [-0.15, -0.1) is 0 Å². The lowest BCUT2D eigenvalue weighted by molar-refractivity contribution is -0.129. The van der Waals surface area contributed by atoms with Crippen molar-refractivity contribution in [3.05, 3.63) is 35.4 Å². The van der Waals surface area contributed by atoms with Crippen LogP contribution in [-0.4, -0.2) is 11.9 Å². The Hall–Kier alpha value is -1.31. The van der Waals surface area contributed by atoms with Crippen LogP contribution in [0.5, 0.6) is 0 Å². The Kier molecular flexibility index (Phi) is 3.23. The SMILES string of the molecule is CC(C)(C)C(=O)N[C@H]1CCc2ccccc2C1. The van der Waals surface area contributed by atoms with Gasteiger partial charge < -0.3 is 5.32 Å². The third-order valence-electron chi connectivity index (χ3n) is 3.36. The van der Waals surface area contributed by atoms with Crippen molar-refractivity contribution >= 4 is 5.91 Å². The number of amides is 1. The Morgan fingerprint density at radius 1 is 1.24 bits per heavy atom. The number of hydrogen-bond acceptors (Lipinski definition) is 1. The molecule has 1 aliphatic carbocycles. The molecule has 0 fully saturated rings. The van der Waals surface area contributed by atoms with Gasteiger partial charge in [0.25, 0.3) is 0 Å². The van der Waals surface area contributed by atoms with Gasteiger partial charge in [-0.1, -0.05) is 45.0 Å². The maximum Gasteiger partial charge on any atom is 0.225 e. The van der Waals surface area contributed by atoms with E-state index in [1.54, 1.807) is 0 Å². The van der Waals surface area contributed by atoms with Crippen LogP contribution in [0.2, 0.25) is 0 Å². The second-order valence-electron chi connectivity index (χ2n) is 5.93. The minimum absolute atomic E-state index is 0.155. The van der Waals surface area contributed by atoms with E-state index in [-0.39, 0.29) is 11.3 Å². The minimum atomic E-state index is -0.295. The maximum atomic E-state index is 11.9. The van der Waals surface area contributed by atoms with Crippen molar-refractivity contribution in [1.29, 1.82) is 0 Å². The third-order valence-corrected chi connectivity index (χ3v) is 3.36.